The Labute approximate surface area is 114 Å². The number of fused-ring (bicyclic) bond motifs is 1. The summed E-state index contributed by atoms with van der Waals surface area (Å²) < 4.78 is 5.39. The molecule has 0 aliphatic heterocycles. The van der Waals surface area contributed by atoms with Crippen molar-refractivity contribution in [2.24, 2.45) is 0 Å². The molecule has 2 rings (SSSR count). The van der Waals surface area contributed by atoms with E-state index in [2.05, 4.69) is 18.8 Å². The number of hydrogen-bond donors (Lipinski definition) is 1. The molecule has 0 aliphatic carbocycles. The first kappa shape index (κ1) is 13.8. The summed E-state index contributed by atoms with van der Waals surface area (Å²) in [6, 6.07) is 7.79. The molecule has 0 saturated carbocycles. The lowest BCUT2D eigenvalue weighted by molar-refractivity contribution is 0.0800. The molecule has 102 valence electrons. The van der Waals surface area contributed by atoms with Gasteiger partial charge in [-0.05, 0) is 37.5 Å². The van der Waals surface area contributed by atoms with E-state index in [1.54, 1.807) is 21.0 Å². The van der Waals surface area contributed by atoms with Gasteiger partial charge in [0.05, 0.1) is 12.7 Å². The molecule has 0 unspecified atom stereocenters. The normalized spacial score (nSPS) is 12.2. The van der Waals surface area contributed by atoms with Crippen molar-refractivity contribution in [3.8, 4) is 5.75 Å². The Balaban J connectivity index is 2.86. The maximum absolute atomic E-state index is 10.4. The number of aromatic nitrogens is 1. The zero-order valence-corrected chi connectivity index (χ0v) is 12.2. The van der Waals surface area contributed by atoms with Crippen molar-refractivity contribution in [1.29, 1.82) is 0 Å². The third kappa shape index (κ3) is 2.56. The number of aliphatic hydroxyl groups is 1. The molecule has 0 amide bonds. The van der Waals surface area contributed by atoms with Crippen LogP contribution in [0.4, 0.5) is 0 Å². The smallest absolute Gasteiger partial charge is 0.145 e. The summed E-state index contributed by atoms with van der Waals surface area (Å²) in [6.07, 6.45) is 0. The van der Waals surface area contributed by atoms with E-state index in [0.29, 0.717) is 5.92 Å². The average Bonchev–Trinajstić information content (AvgIpc) is 2.35. The number of nitrogens with zero attached hydrogens (tertiary/aromatic N) is 1. The van der Waals surface area contributed by atoms with Crippen molar-refractivity contribution in [1.82, 2.24) is 4.98 Å². The molecule has 2 aromatic rings. The van der Waals surface area contributed by atoms with Crippen molar-refractivity contribution in [2.45, 2.75) is 39.2 Å². The van der Waals surface area contributed by atoms with Crippen LogP contribution in [-0.4, -0.2) is 17.2 Å². The van der Waals surface area contributed by atoms with E-state index in [9.17, 15) is 5.11 Å². The highest BCUT2D eigenvalue weighted by molar-refractivity contribution is 5.88. The highest BCUT2D eigenvalue weighted by Crippen LogP contribution is 2.34. The molecular formula is C16H21NO2. The lowest BCUT2D eigenvalue weighted by Gasteiger charge is -2.22. The standard InChI is InChI=1S/C16H21NO2/c1-10(2)13-9-12(16(3,4)18)11-7-6-8-14(19-5)15(11)17-13/h6-10,18H,1-5H3. The number of benzene rings is 1. The number of ether oxygens (including phenoxy) is 1. The second kappa shape index (κ2) is 4.82. The molecule has 0 spiro atoms. The van der Waals surface area contributed by atoms with Gasteiger partial charge in [0, 0.05) is 11.1 Å². The topological polar surface area (TPSA) is 42.4 Å². The van der Waals surface area contributed by atoms with Crippen molar-refractivity contribution >= 4 is 10.9 Å². The molecule has 0 bridgehead atoms. The molecule has 1 aromatic heterocycles. The highest BCUT2D eigenvalue weighted by Gasteiger charge is 2.22. The van der Waals surface area contributed by atoms with Crippen LogP contribution in [-0.2, 0) is 5.60 Å². The van der Waals surface area contributed by atoms with Gasteiger partial charge in [-0.25, -0.2) is 4.98 Å². The van der Waals surface area contributed by atoms with E-state index in [-0.39, 0.29) is 0 Å². The van der Waals surface area contributed by atoms with Gasteiger partial charge in [-0.3, -0.25) is 0 Å². The number of rotatable bonds is 3. The van der Waals surface area contributed by atoms with Crippen LogP contribution in [0.5, 0.6) is 5.75 Å². The zero-order valence-electron chi connectivity index (χ0n) is 12.2. The molecule has 3 heteroatoms. The van der Waals surface area contributed by atoms with Crippen LogP contribution in [0.25, 0.3) is 10.9 Å². The predicted molar refractivity (Wildman–Crippen MR) is 77.6 cm³/mol. The molecule has 19 heavy (non-hydrogen) atoms. The van der Waals surface area contributed by atoms with Crippen LogP contribution >= 0.6 is 0 Å². The Morgan fingerprint density at radius 2 is 1.95 bits per heavy atom. The Morgan fingerprint density at radius 3 is 2.47 bits per heavy atom. The van der Waals surface area contributed by atoms with E-state index in [1.807, 2.05) is 24.3 Å². The second-order valence-electron chi connectivity index (χ2n) is 5.66. The van der Waals surface area contributed by atoms with E-state index in [0.717, 1.165) is 27.9 Å². The number of hydrogen-bond acceptors (Lipinski definition) is 3. The molecule has 0 saturated heterocycles. The van der Waals surface area contributed by atoms with Crippen LogP contribution in [0, 0.1) is 0 Å². The minimum absolute atomic E-state index is 0.301. The number of methoxy groups -OCH3 is 1. The van der Waals surface area contributed by atoms with Gasteiger partial charge in [0.2, 0.25) is 0 Å². The molecular weight excluding hydrogens is 238 g/mol. The SMILES string of the molecule is COc1cccc2c(C(C)(C)O)cc(C(C)C)nc12. The van der Waals surface area contributed by atoms with Gasteiger partial charge in [0.25, 0.3) is 0 Å². The minimum Gasteiger partial charge on any atom is -0.494 e. The van der Waals surface area contributed by atoms with Crippen molar-refractivity contribution < 1.29 is 9.84 Å². The molecule has 3 nitrogen and oxygen atoms in total. The van der Waals surface area contributed by atoms with E-state index in [1.165, 1.54) is 0 Å². The Bertz CT molecular complexity index is 597. The number of pyridine rings is 1. The van der Waals surface area contributed by atoms with Crippen LogP contribution < -0.4 is 4.74 Å². The fourth-order valence-electron chi connectivity index (χ4n) is 2.21. The molecule has 0 atom stereocenters. The summed E-state index contributed by atoms with van der Waals surface area (Å²) in [5, 5.41) is 11.3. The predicted octanol–water partition coefficient (Wildman–Crippen LogP) is 3.59. The Kier molecular flexibility index (Phi) is 3.50. The zero-order chi connectivity index (χ0) is 14.2. The van der Waals surface area contributed by atoms with E-state index >= 15 is 0 Å². The lowest BCUT2D eigenvalue weighted by atomic mass is 9.92. The summed E-state index contributed by atoms with van der Waals surface area (Å²) >= 11 is 0. The first-order valence-electron chi connectivity index (χ1n) is 6.55. The van der Waals surface area contributed by atoms with Gasteiger partial charge in [-0.15, -0.1) is 0 Å². The fourth-order valence-corrected chi connectivity index (χ4v) is 2.21. The van der Waals surface area contributed by atoms with Crippen LogP contribution in [0.1, 0.15) is 44.9 Å². The van der Waals surface area contributed by atoms with Gasteiger partial charge >= 0.3 is 0 Å². The lowest BCUT2D eigenvalue weighted by Crippen LogP contribution is -2.17. The van der Waals surface area contributed by atoms with Crippen molar-refractivity contribution in [2.75, 3.05) is 7.11 Å². The largest absolute Gasteiger partial charge is 0.494 e. The fraction of sp³-hybridized carbons (Fsp3) is 0.438. The van der Waals surface area contributed by atoms with Gasteiger partial charge in [0.15, 0.2) is 0 Å². The molecule has 0 fully saturated rings. The molecule has 0 aliphatic rings. The van der Waals surface area contributed by atoms with Gasteiger partial charge < -0.3 is 9.84 Å². The summed E-state index contributed by atoms with van der Waals surface area (Å²) in [4.78, 5) is 4.68. The van der Waals surface area contributed by atoms with Gasteiger partial charge in [-0.2, -0.15) is 0 Å². The maximum atomic E-state index is 10.4. The van der Waals surface area contributed by atoms with Crippen LogP contribution in [0.3, 0.4) is 0 Å². The average molecular weight is 259 g/mol. The Hall–Kier alpha value is -1.61. The molecule has 1 aromatic carbocycles. The summed E-state index contributed by atoms with van der Waals surface area (Å²) in [7, 11) is 1.64. The summed E-state index contributed by atoms with van der Waals surface area (Å²) in [6.45, 7) is 7.78. The minimum atomic E-state index is -0.906. The maximum Gasteiger partial charge on any atom is 0.145 e. The quantitative estimate of drug-likeness (QED) is 0.915. The molecule has 1 heterocycles. The van der Waals surface area contributed by atoms with E-state index in [4.69, 9.17) is 4.74 Å². The van der Waals surface area contributed by atoms with Gasteiger partial charge in [-0.1, -0.05) is 26.0 Å². The third-order valence-electron chi connectivity index (χ3n) is 3.29. The summed E-state index contributed by atoms with van der Waals surface area (Å²) in [5.74, 6) is 1.04. The first-order valence-corrected chi connectivity index (χ1v) is 6.55. The number of para-hydroxylation sites is 1. The van der Waals surface area contributed by atoms with Crippen LogP contribution in [0.15, 0.2) is 24.3 Å². The Morgan fingerprint density at radius 1 is 1.26 bits per heavy atom. The first-order chi connectivity index (χ1) is 8.84. The third-order valence-corrected chi connectivity index (χ3v) is 3.29. The summed E-state index contributed by atoms with van der Waals surface area (Å²) in [5.41, 5.74) is 1.76. The van der Waals surface area contributed by atoms with Crippen LogP contribution in [0.2, 0.25) is 0 Å². The van der Waals surface area contributed by atoms with Crippen molar-refractivity contribution in [3.63, 3.8) is 0 Å². The monoisotopic (exact) mass is 259 g/mol. The highest BCUT2D eigenvalue weighted by atomic mass is 16.5. The molecule has 0 radical (unpaired) electrons. The molecule has 1 N–H and O–H groups in total. The van der Waals surface area contributed by atoms with Crippen molar-refractivity contribution in [3.05, 3.63) is 35.5 Å². The second-order valence-corrected chi connectivity index (χ2v) is 5.66. The van der Waals surface area contributed by atoms with Gasteiger partial charge in [0.1, 0.15) is 11.3 Å². The van der Waals surface area contributed by atoms with E-state index < -0.39 is 5.60 Å².